The fourth-order valence-electron chi connectivity index (χ4n) is 0.658. The van der Waals surface area contributed by atoms with Gasteiger partial charge >= 0.3 is 0 Å². The lowest BCUT2D eigenvalue weighted by Gasteiger charge is -1.85. The molecule has 0 rings (SSSR count). The monoisotopic (exact) mass is 202 g/mol. The van der Waals surface area contributed by atoms with E-state index in [0.717, 1.165) is 11.8 Å². The minimum atomic E-state index is 1.08. The summed E-state index contributed by atoms with van der Waals surface area (Å²) in [6.45, 7) is 2.06. The van der Waals surface area contributed by atoms with Crippen LogP contribution in [0, 0.1) is 0 Å². The zero-order valence-electron chi connectivity index (χ0n) is 6.52. The first-order valence-corrected chi connectivity index (χ1v) is 4.86. The van der Waals surface area contributed by atoms with Crippen molar-refractivity contribution in [2.24, 2.45) is 0 Å². The number of halogens is 1. The molecule has 0 bridgehead atoms. The highest BCUT2D eigenvalue weighted by Gasteiger charge is 1.75. The molecule has 0 saturated heterocycles. The molecule has 0 atom stereocenters. The fourth-order valence-corrected chi connectivity index (χ4v) is 0.922. The van der Waals surface area contributed by atoms with Crippen LogP contribution in [-0.2, 0) is 0 Å². The summed E-state index contributed by atoms with van der Waals surface area (Å²) >= 11 is 3.37. The molecule has 0 unspecified atom stereocenters. The molecule has 0 aromatic rings. The molecule has 0 aromatic carbocycles. The number of hydrogen-bond acceptors (Lipinski definition) is 0. The quantitative estimate of drug-likeness (QED) is 0.363. The van der Waals surface area contributed by atoms with E-state index in [4.69, 9.17) is 0 Å². The Morgan fingerprint density at radius 3 is 2.20 bits per heavy atom. The van der Waals surface area contributed by atoms with Crippen molar-refractivity contribution in [3.63, 3.8) is 0 Å². The van der Waals surface area contributed by atoms with Crippen LogP contribution in [0.5, 0.6) is 0 Å². The Bertz CT molecular complexity index is 103. The van der Waals surface area contributed by atoms with Crippen molar-refractivity contribution in [3.05, 3.63) is 24.3 Å². The lowest BCUT2D eigenvalue weighted by atomic mass is 10.2. The second-order valence-electron chi connectivity index (χ2n) is 2.10. The highest BCUT2D eigenvalue weighted by Crippen LogP contribution is 1.95. The molecule has 0 amide bonds. The zero-order chi connectivity index (χ0) is 7.66. The van der Waals surface area contributed by atoms with Gasteiger partial charge in [-0.15, -0.1) is 0 Å². The topological polar surface area (TPSA) is 0 Å². The van der Waals surface area contributed by atoms with E-state index in [1.54, 1.807) is 0 Å². The van der Waals surface area contributed by atoms with E-state index in [1.807, 2.05) is 0 Å². The van der Waals surface area contributed by atoms with E-state index < -0.39 is 0 Å². The molecule has 0 N–H and O–H groups in total. The predicted octanol–water partition coefficient (Wildman–Crippen LogP) is 3.68. The molecule has 0 nitrogen and oxygen atoms in total. The maximum absolute atomic E-state index is 3.37. The molecule has 0 saturated carbocycles. The Labute approximate surface area is 72.1 Å². The highest BCUT2D eigenvalue weighted by atomic mass is 79.9. The maximum atomic E-state index is 3.37. The van der Waals surface area contributed by atoms with Gasteiger partial charge in [-0.1, -0.05) is 40.2 Å². The van der Waals surface area contributed by atoms with Gasteiger partial charge < -0.3 is 0 Å². The summed E-state index contributed by atoms with van der Waals surface area (Å²) in [4.78, 5) is 0. The van der Waals surface area contributed by atoms with Crippen LogP contribution in [0.3, 0.4) is 0 Å². The maximum Gasteiger partial charge on any atom is 0.00659 e. The standard InChI is InChI=1S/C9H15Br/c1-2-3-4-5-6-7-8-9-10/h2-3,6-7H,4-5,8-9H2,1H3/b3-2+,7-6+. The van der Waals surface area contributed by atoms with Gasteiger partial charge in [-0.05, 0) is 26.2 Å². The number of rotatable bonds is 5. The Hall–Kier alpha value is -0.0400. The lowest BCUT2D eigenvalue weighted by Crippen LogP contribution is -1.67. The Kier molecular flexibility index (Phi) is 8.92. The summed E-state index contributed by atoms with van der Waals surface area (Å²) in [5.74, 6) is 0. The minimum absolute atomic E-state index is 1.08. The third-order valence-corrected chi connectivity index (χ3v) is 1.64. The number of unbranched alkanes of at least 4 members (excludes halogenated alkanes) is 1. The van der Waals surface area contributed by atoms with Crippen LogP contribution in [0.2, 0.25) is 0 Å². The molecule has 0 aliphatic heterocycles. The van der Waals surface area contributed by atoms with E-state index in [-0.39, 0.29) is 0 Å². The molecule has 0 aromatic heterocycles. The first-order chi connectivity index (χ1) is 4.91. The third-order valence-electron chi connectivity index (χ3n) is 1.18. The largest absolute Gasteiger partial charge is 0.0925 e. The van der Waals surface area contributed by atoms with Gasteiger partial charge in [0.1, 0.15) is 0 Å². The Morgan fingerprint density at radius 1 is 1.00 bits per heavy atom. The highest BCUT2D eigenvalue weighted by molar-refractivity contribution is 9.09. The average molecular weight is 203 g/mol. The Balaban J connectivity index is 3.02. The minimum Gasteiger partial charge on any atom is -0.0925 e. The van der Waals surface area contributed by atoms with Crippen LogP contribution in [0.4, 0.5) is 0 Å². The summed E-state index contributed by atoms with van der Waals surface area (Å²) < 4.78 is 0. The van der Waals surface area contributed by atoms with Crippen LogP contribution in [0.15, 0.2) is 24.3 Å². The molecule has 0 aliphatic rings. The molecular weight excluding hydrogens is 188 g/mol. The second-order valence-corrected chi connectivity index (χ2v) is 2.89. The van der Waals surface area contributed by atoms with Crippen LogP contribution in [-0.4, -0.2) is 5.33 Å². The Morgan fingerprint density at radius 2 is 1.60 bits per heavy atom. The molecular formula is C9H15Br. The number of alkyl halides is 1. The number of allylic oxidation sites excluding steroid dienone is 4. The van der Waals surface area contributed by atoms with E-state index >= 15 is 0 Å². The molecule has 1 heteroatoms. The van der Waals surface area contributed by atoms with Gasteiger partial charge in [-0.3, -0.25) is 0 Å². The van der Waals surface area contributed by atoms with Crippen LogP contribution < -0.4 is 0 Å². The van der Waals surface area contributed by atoms with Crippen molar-refractivity contribution in [2.45, 2.75) is 26.2 Å². The van der Waals surface area contributed by atoms with Crippen LogP contribution in [0.1, 0.15) is 26.2 Å². The molecule has 10 heavy (non-hydrogen) atoms. The molecule has 0 spiro atoms. The van der Waals surface area contributed by atoms with Crippen molar-refractivity contribution >= 4 is 15.9 Å². The van der Waals surface area contributed by atoms with Crippen LogP contribution in [0.25, 0.3) is 0 Å². The summed E-state index contributed by atoms with van der Waals surface area (Å²) in [5, 5.41) is 1.08. The van der Waals surface area contributed by atoms with Gasteiger partial charge in [0.05, 0.1) is 0 Å². The van der Waals surface area contributed by atoms with Gasteiger partial charge in [0.2, 0.25) is 0 Å². The van der Waals surface area contributed by atoms with Crippen molar-refractivity contribution in [1.29, 1.82) is 0 Å². The first kappa shape index (κ1) is 9.96. The van der Waals surface area contributed by atoms with Gasteiger partial charge in [0.15, 0.2) is 0 Å². The van der Waals surface area contributed by atoms with Crippen molar-refractivity contribution in [3.8, 4) is 0 Å². The second kappa shape index (κ2) is 8.96. The van der Waals surface area contributed by atoms with Gasteiger partial charge in [-0.2, -0.15) is 0 Å². The first-order valence-electron chi connectivity index (χ1n) is 3.74. The molecule has 58 valence electrons. The van der Waals surface area contributed by atoms with Gasteiger partial charge in [-0.25, -0.2) is 0 Å². The normalized spacial score (nSPS) is 11.8. The molecule has 0 radical (unpaired) electrons. The zero-order valence-corrected chi connectivity index (χ0v) is 8.10. The van der Waals surface area contributed by atoms with Crippen LogP contribution >= 0.6 is 15.9 Å². The summed E-state index contributed by atoms with van der Waals surface area (Å²) in [6, 6.07) is 0. The predicted molar refractivity (Wildman–Crippen MR) is 51.6 cm³/mol. The number of hydrogen-bond donors (Lipinski definition) is 0. The smallest absolute Gasteiger partial charge is 0.00659 e. The van der Waals surface area contributed by atoms with Gasteiger partial charge in [0, 0.05) is 5.33 Å². The van der Waals surface area contributed by atoms with Crippen molar-refractivity contribution in [1.82, 2.24) is 0 Å². The van der Waals surface area contributed by atoms with Crippen molar-refractivity contribution < 1.29 is 0 Å². The van der Waals surface area contributed by atoms with E-state index in [9.17, 15) is 0 Å². The van der Waals surface area contributed by atoms with Gasteiger partial charge in [0.25, 0.3) is 0 Å². The SMILES string of the molecule is C/C=C/CC/C=C/CCBr. The molecule has 0 fully saturated rings. The van der Waals surface area contributed by atoms with E-state index in [2.05, 4.69) is 47.2 Å². The summed E-state index contributed by atoms with van der Waals surface area (Å²) in [5.41, 5.74) is 0. The summed E-state index contributed by atoms with van der Waals surface area (Å²) in [7, 11) is 0. The lowest BCUT2D eigenvalue weighted by molar-refractivity contribution is 1.04. The van der Waals surface area contributed by atoms with E-state index in [0.29, 0.717) is 0 Å². The van der Waals surface area contributed by atoms with Crippen molar-refractivity contribution in [2.75, 3.05) is 5.33 Å². The molecule has 0 heterocycles. The fraction of sp³-hybridized carbons (Fsp3) is 0.556. The average Bonchev–Trinajstić information content (AvgIpc) is 1.97. The summed E-state index contributed by atoms with van der Waals surface area (Å²) in [6.07, 6.45) is 12.2. The third kappa shape index (κ3) is 7.96. The van der Waals surface area contributed by atoms with E-state index in [1.165, 1.54) is 12.8 Å². The molecule has 0 aliphatic carbocycles.